The second-order valence-electron chi connectivity index (χ2n) is 4.91. The molecule has 1 rings (SSSR count). The van der Waals surface area contributed by atoms with Crippen LogP contribution in [0.15, 0.2) is 18.2 Å². The number of ether oxygens (including phenoxy) is 2. The molecule has 0 bridgehead atoms. The summed E-state index contributed by atoms with van der Waals surface area (Å²) in [5.41, 5.74) is 0.798. The van der Waals surface area contributed by atoms with Gasteiger partial charge in [-0.2, -0.15) is 0 Å². The summed E-state index contributed by atoms with van der Waals surface area (Å²) in [6, 6.07) is 5.34. The maximum absolute atomic E-state index is 11.9. The summed E-state index contributed by atoms with van der Waals surface area (Å²) in [4.78, 5) is 22.2. The van der Waals surface area contributed by atoms with Crippen LogP contribution in [-0.4, -0.2) is 37.7 Å². The quantitative estimate of drug-likeness (QED) is 0.646. The third kappa shape index (κ3) is 6.47. The van der Waals surface area contributed by atoms with Gasteiger partial charge in [-0.25, -0.2) is 0 Å². The molecule has 1 amide bonds. The molecule has 0 heterocycles. The fraction of sp³-hybridized carbons (Fsp3) is 0.500. The number of carboxylic acids is 1. The average Bonchev–Trinajstić information content (AvgIpc) is 2.50. The van der Waals surface area contributed by atoms with Gasteiger partial charge in [0.1, 0.15) is 11.5 Å². The van der Waals surface area contributed by atoms with Gasteiger partial charge in [0.15, 0.2) is 0 Å². The van der Waals surface area contributed by atoms with Gasteiger partial charge in [-0.1, -0.05) is 12.5 Å². The van der Waals surface area contributed by atoms with Crippen molar-refractivity contribution in [1.29, 1.82) is 0 Å². The topological polar surface area (TPSA) is 84.9 Å². The van der Waals surface area contributed by atoms with Crippen LogP contribution in [-0.2, 0) is 16.0 Å². The third-order valence-electron chi connectivity index (χ3n) is 3.23. The number of unbranched alkanes of at least 4 members (excludes halogenated alkanes) is 2. The van der Waals surface area contributed by atoms with Crippen molar-refractivity contribution < 1.29 is 24.2 Å². The lowest BCUT2D eigenvalue weighted by Gasteiger charge is -2.10. The van der Waals surface area contributed by atoms with Crippen molar-refractivity contribution in [1.82, 2.24) is 5.32 Å². The second-order valence-corrected chi connectivity index (χ2v) is 4.91. The zero-order valence-electron chi connectivity index (χ0n) is 13.1. The predicted molar refractivity (Wildman–Crippen MR) is 82.4 cm³/mol. The number of benzene rings is 1. The number of hydrogen-bond donors (Lipinski definition) is 2. The van der Waals surface area contributed by atoms with Gasteiger partial charge in [-0.05, 0) is 18.9 Å². The first-order chi connectivity index (χ1) is 10.6. The number of hydrogen-bond acceptors (Lipinski definition) is 4. The molecule has 0 aliphatic rings. The maximum Gasteiger partial charge on any atom is 0.303 e. The van der Waals surface area contributed by atoms with E-state index < -0.39 is 5.97 Å². The Morgan fingerprint density at radius 3 is 2.55 bits per heavy atom. The van der Waals surface area contributed by atoms with Gasteiger partial charge in [0.25, 0.3) is 0 Å². The summed E-state index contributed by atoms with van der Waals surface area (Å²) >= 11 is 0. The van der Waals surface area contributed by atoms with E-state index in [0.29, 0.717) is 24.5 Å². The Kier molecular flexibility index (Phi) is 7.81. The van der Waals surface area contributed by atoms with Crippen LogP contribution < -0.4 is 14.8 Å². The van der Waals surface area contributed by atoms with E-state index in [1.54, 1.807) is 26.4 Å². The number of nitrogens with one attached hydrogen (secondary N) is 1. The van der Waals surface area contributed by atoms with Crippen molar-refractivity contribution in [3.8, 4) is 11.5 Å². The second kappa shape index (κ2) is 9.65. The van der Waals surface area contributed by atoms with Gasteiger partial charge in [-0.3, -0.25) is 9.59 Å². The molecule has 2 N–H and O–H groups in total. The highest BCUT2D eigenvalue weighted by atomic mass is 16.5. The standard InChI is InChI=1S/C16H23NO5/c1-21-13-8-7-12(14(11-13)22-2)10-15(18)17-9-5-3-4-6-16(19)20/h7-8,11H,3-6,9-10H2,1-2H3,(H,17,18)(H,19,20). The molecular weight excluding hydrogens is 286 g/mol. The Bertz CT molecular complexity index is 501. The number of carbonyl (C=O) groups excluding carboxylic acids is 1. The van der Waals surface area contributed by atoms with Crippen molar-refractivity contribution in [2.45, 2.75) is 32.1 Å². The SMILES string of the molecule is COc1ccc(CC(=O)NCCCCCC(=O)O)c(OC)c1. The number of aliphatic carboxylic acids is 1. The van der Waals surface area contributed by atoms with E-state index in [9.17, 15) is 9.59 Å². The van der Waals surface area contributed by atoms with Crippen LogP contribution in [0.4, 0.5) is 0 Å². The summed E-state index contributed by atoms with van der Waals surface area (Å²) in [5, 5.41) is 11.3. The van der Waals surface area contributed by atoms with Gasteiger partial charge < -0.3 is 19.9 Å². The van der Waals surface area contributed by atoms with Crippen LogP contribution in [0.2, 0.25) is 0 Å². The lowest BCUT2D eigenvalue weighted by molar-refractivity contribution is -0.137. The van der Waals surface area contributed by atoms with Gasteiger partial charge >= 0.3 is 5.97 Å². The van der Waals surface area contributed by atoms with Gasteiger partial charge in [0, 0.05) is 24.6 Å². The first-order valence-corrected chi connectivity index (χ1v) is 7.26. The molecule has 0 spiro atoms. The Hall–Kier alpha value is -2.24. The van der Waals surface area contributed by atoms with E-state index in [1.165, 1.54) is 0 Å². The number of carboxylic acid groups (broad SMARTS) is 1. The van der Waals surface area contributed by atoms with Crippen molar-refractivity contribution in [3.63, 3.8) is 0 Å². The average molecular weight is 309 g/mol. The third-order valence-corrected chi connectivity index (χ3v) is 3.23. The Balaban J connectivity index is 2.34. The van der Waals surface area contributed by atoms with Crippen molar-refractivity contribution in [3.05, 3.63) is 23.8 Å². The summed E-state index contributed by atoms with van der Waals surface area (Å²) in [7, 11) is 3.13. The summed E-state index contributed by atoms with van der Waals surface area (Å²) in [6.45, 7) is 0.553. The highest BCUT2D eigenvalue weighted by Gasteiger charge is 2.09. The monoisotopic (exact) mass is 309 g/mol. The Morgan fingerprint density at radius 1 is 1.14 bits per heavy atom. The Labute approximate surface area is 130 Å². The van der Waals surface area contributed by atoms with Crippen LogP contribution in [0, 0.1) is 0 Å². The lowest BCUT2D eigenvalue weighted by atomic mass is 10.1. The van der Waals surface area contributed by atoms with E-state index in [1.807, 2.05) is 6.07 Å². The first kappa shape index (κ1) is 17.8. The smallest absolute Gasteiger partial charge is 0.303 e. The van der Waals surface area contributed by atoms with Crippen LogP contribution in [0.1, 0.15) is 31.2 Å². The zero-order valence-corrected chi connectivity index (χ0v) is 13.1. The highest BCUT2D eigenvalue weighted by Crippen LogP contribution is 2.24. The molecule has 0 fully saturated rings. The van der Waals surface area contributed by atoms with Crippen molar-refractivity contribution in [2.75, 3.05) is 20.8 Å². The first-order valence-electron chi connectivity index (χ1n) is 7.26. The molecular formula is C16H23NO5. The molecule has 0 aliphatic carbocycles. The summed E-state index contributed by atoms with van der Waals surface area (Å²) in [6.07, 6.45) is 2.62. The molecule has 0 aromatic heterocycles. The van der Waals surface area contributed by atoms with E-state index in [4.69, 9.17) is 14.6 Å². The van der Waals surface area contributed by atoms with Crippen LogP contribution in [0.5, 0.6) is 11.5 Å². The van der Waals surface area contributed by atoms with E-state index >= 15 is 0 Å². The van der Waals surface area contributed by atoms with E-state index in [-0.39, 0.29) is 18.7 Å². The molecule has 0 aliphatic heterocycles. The fourth-order valence-corrected chi connectivity index (χ4v) is 2.04. The molecule has 6 heteroatoms. The number of amides is 1. The normalized spacial score (nSPS) is 10.1. The van der Waals surface area contributed by atoms with Crippen LogP contribution in [0.3, 0.4) is 0 Å². The summed E-state index contributed by atoms with van der Waals surface area (Å²) in [5.74, 6) is 0.438. The van der Waals surface area contributed by atoms with Crippen molar-refractivity contribution in [2.24, 2.45) is 0 Å². The minimum Gasteiger partial charge on any atom is -0.497 e. The van der Waals surface area contributed by atoms with E-state index in [0.717, 1.165) is 18.4 Å². The molecule has 0 radical (unpaired) electrons. The molecule has 1 aromatic carbocycles. The van der Waals surface area contributed by atoms with E-state index in [2.05, 4.69) is 5.32 Å². The lowest BCUT2D eigenvalue weighted by Crippen LogP contribution is -2.26. The fourth-order valence-electron chi connectivity index (χ4n) is 2.04. The minimum atomic E-state index is -0.782. The van der Waals surface area contributed by atoms with Gasteiger partial charge in [0.2, 0.25) is 5.91 Å². The molecule has 0 atom stereocenters. The highest BCUT2D eigenvalue weighted by molar-refractivity contribution is 5.79. The van der Waals surface area contributed by atoms with Gasteiger partial charge in [0.05, 0.1) is 20.6 Å². The number of carbonyl (C=O) groups is 2. The summed E-state index contributed by atoms with van der Waals surface area (Å²) < 4.78 is 10.4. The molecule has 0 unspecified atom stereocenters. The molecule has 1 aromatic rings. The largest absolute Gasteiger partial charge is 0.497 e. The molecule has 6 nitrogen and oxygen atoms in total. The van der Waals surface area contributed by atoms with Gasteiger partial charge in [-0.15, -0.1) is 0 Å². The zero-order chi connectivity index (χ0) is 16.4. The number of methoxy groups -OCH3 is 2. The predicted octanol–water partition coefficient (Wildman–Crippen LogP) is 2.01. The Morgan fingerprint density at radius 2 is 1.91 bits per heavy atom. The molecule has 22 heavy (non-hydrogen) atoms. The van der Waals surface area contributed by atoms with Crippen molar-refractivity contribution >= 4 is 11.9 Å². The molecule has 0 saturated carbocycles. The molecule has 122 valence electrons. The maximum atomic E-state index is 11.9. The van der Waals surface area contributed by atoms with Crippen LogP contribution >= 0.6 is 0 Å². The minimum absolute atomic E-state index is 0.0818. The number of rotatable bonds is 10. The molecule has 0 saturated heterocycles. The van der Waals surface area contributed by atoms with Crippen LogP contribution in [0.25, 0.3) is 0 Å².